The largest absolute Gasteiger partial charge is 0.474 e. The number of aromatic nitrogens is 2. The third-order valence-electron chi connectivity index (χ3n) is 5.47. The van der Waals surface area contributed by atoms with E-state index in [9.17, 15) is 9.59 Å². The van der Waals surface area contributed by atoms with Crippen LogP contribution in [0.5, 0.6) is 5.88 Å². The monoisotopic (exact) mass is 438 g/mol. The summed E-state index contributed by atoms with van der Waals surface area (Å²) < 4.78 is 12.3. The molecule has 3 heterocycles. The molecule has 1 saturated carbocycles. The number of rotatable bonds is 4. The lowest BCUT2D eigenvalue weighted by Crippen LogP contribution is -2.40. The number of nitrogens with zero attached hydrogens (tertiary/aromatic N) is 3. The minimum Gasteiger partial charge on any atom is -0.474 e. The number of hydrogen-bond donors (Lipinski definition) is 1. The van der Waals surface area contributed by atoms with Crippen LogP contribution in [0.4, 0.5) is 15.6 Å². The number of hydrogen-bond acceptors (Lipinski definition) is 7. The van der Waals surface area contributed by atoms with E-state index in [2.05, 4.69) is 15.3 Å². The summed E-state index contributed by atoms with van der Waals surface area (Å²) in [5, 5.41) is 3.29. The second-order valence-corrected chi connectivity index (χ2v) is 8.89. The van der Waals surface area contributed by atoms with Gasteiger partial charge in [-0.05, 0) is 49.4 Å². The maximum absolute atomic E-state index is 12.8. The lowest BCUT2D eigenvalue weighted by Gasteiger charge is -2.29. The van der Waals surface area contributed by atoms with Crippen molar-refractivity contribution in [2.75, 3.05) is 23.4 Å². The van der Waals surface area contributed by atoms with Crippen LogP contribution in [0.25, 0.3) is 21.3 Å². The molecule has 2 aromatic heterocycles. The molecule has 1 atom stereocenters. The van der Waals surface area contributed by atoms with Gasteiger partial charge in [0.25, 0.3) is 0 Å². The molecule has 1 fully saturated rings. The molecule has 0 spiro atoms. The second-order valence-electron chi connectivity index (χ2n) is 7.86. The fourth-order valence-electron chi connectivity index (χ4n) is 3.64. The highest BCUT2D eigenvalue weighted by atomic mass is 32.1. The van der Waals surface area contributed by atoms with Crippen LogP contribution in [0.3, 0.4) is 0 Å². The number of amides is 2. The average Bonchev–Trinajstić information content (AvgIpc) is 3.52. The highest BCUT2D eigenvalue weighted by molar-refractivity contribution is 7.22. The van der Waals surface area contributed by atoms with Gasteiger partial charge in [0.05, 0.1) is 16.8 Å². The number of carbonyl (C=O) groups excluding carboxylic acids is 2. The molecule has 2 aliphatic rings. The van der Waals surface area contributed by atoms with Crippen LogP contribution < -0.4 is 15.0 Å². The quantitative estimate of drug-likeness (QED) is 0.647. The van der Waals surface area contributed by atoms with Crippen LogP contribution in [0.1, 0.15) is 26.7 Å². The minimum absolute atomic E-state index is 0.0820. The molecule has 2 amide bonds. The number of carbonyl (C=O) groups is 2. The highest BCUT2D eigenvalue weighted by Gasteiger charge is 2.33. The smallest absolute Gasteiger partial charge is 0.414 e. The van der Waals surface area contributed by atoms with Gasteiger partial charge in [0.2, 0.25) is 11.8 Å². The molecule has 1 aliphatic carbocycles. The number of benzene rings is 1. The summed E-state index contributed by atoms with van der Waals surface area (Å²) in [6.07, 6.45) is 3.52. The van der Waals surface area contributed by atoms with Gasteiger partial charge in [-0.15, -0.1) is 0 Å². The van der Waals surface area contributed by atoms with Crippen LogP contribution in [0.2, 0.25) is 0 Å². The fourth-order valence-corrected chi connectivity index (χ4v) is 4.59. The Morgan fingerprint density at radius 1 is 1.29 bits per heavy atom. The second kappa shape index (κ2) is 7.81. The Morgan fingerprint density at radius 2 is 2.13 bits per heavy atom. The predicted molar refractivity (Wildman–Crippen MR) is 119 cm³/mol. The van der Waals surface area contributed by atoms with Gasteiger partial charge in [-0.2, -0.15) is 0 Å². The normalized spacial score (nSPS) is 16.4. The Bertz CT molecular complexity index is 1170. The molecule has 8 nitrogen and oxygen atoms in total. The Morgan fingerprint density at radius 3 is 2.90 bits per heavy atom. The molecule has 5 rings (SSSR count). The van der Waals surface area contributed by atoms with Crippen molar-refractivity contribution in [1.29, 1.82) is 0 Å². The first kappa shape index (κ1) is 19.7. The van der Waals surface area contributed by atoms with Crippen molar-refractivity contribution in [2.45, 2.75) is 32.8 Å². The van der Waals surface area contributed by atoms with Gasteiger partial charge in [0.15, 0.2) is 5.13 Å². The zero-order valence-corrected chi connectivity index (χ0v) is 18.1. The van der Waals surface area contributed by atoms with Gasteiger partial charge in [-0.25, -0.2) is 14.8 Å². The zero-order chi connectivity index (χ0) is 21.5. The number of ether oxygens (including phenoxy) is 2. The SMILES string of the molecule is CC(=O)Nc1nc2ccc(-c3cnc4c(c3)N(C(=O)OC(C)C3CC3)CCO4)cc2s1. The van der Waals surface area contributed by atoms with E-state index in [4.69, 9.17) is 9.47 Å². The molecule has 0 bridgehead atoms. The molecule has 3 aromatic rings. The van der Waals surface area contributed by atoms with Gasteiger partial charge in [-0.1, -0.05) is 17.4 Å². The molecule has 0 radical (unpaired) electrons. The van der Waals surface area contributed by atoms with E-state index in [-0.39, 0.29) is 18.1 Å². The first-order chi connectivity index (χ1) is 15.0. The Kier molecular flexibility index (Phi) is 4.97. The Hall–Kier alpha value is -3.20. The van der Waals surface area contributed by atoms with Crippen molar-refractivity contribution in [3.05, 3.63) is 30.5 Å². The summed E-state index contributed by atoms with van der Waals surface area (Å²) in [5.74, 6) is 0.751. The van der Waals surface area contributed by atoms with E-state index >= 15 is 0 Å². The third-order valence-corrected chi connectivity index (χ3v) is 6.41. The van der Waals surface area contributed by atoms with E-state index in [1.54, 1.807) is 11.1 Å². The number of thiazole rings is 1. The van der Waals surface area contributed by atoms with Crippen molar-refractivity contribution >= 4 is 44.4 Å². The third kappa shape index (κ3) is 4.05. The van der Waals surface area contributed by atoms with Gasteiger partial charge < -0.3 is 14.8 Å². The number of anilines is 2. The lowest BCUT2D eigenvalue weighted by atomic mass is 10.1. The van der Waals surface area contributed by atoms with E-state index in [0.717, 1.165) is 34.2 Å². The van der Waals surface area contributed by atoms with Crippen LogP contribution in [-0.4, -0.2) is 41.2 Å². The predicted octanol–water partition coefficient (Wildman–Crippen LogP) is 4.45. The highest BCUT2D eigenvalue weighted by Crippen LogP contribution is 2.38. The average molecular weight is 439 g/mol. The van der Waals surface area contributed by atoms with E-state index in [0.29, 0.717) is 35.8 Å². The van der Waals surface area contributed by atoms with Crippen molar-refractivity contribution in [3.8, 4) is 17.0 Å². The number of fused-ring (bicyclic) bond motifs is 2. The topological polar surface area (TPSA) is 93.7 Å². The van der Waals surface area contributed by atoms with E-state index in [1.807, 2.05) is 31.2 Å². The zero-order valence-electron chi connectivity index (χ0n) is 17.3. The molecule has 1 aliphatic heterocycles. The van der Waals surface area contributed by atoms with Crippen molar-refractivity contribution in [3.63, 3.8) is 0 Å². The maximum atomic E-state index is 12.8. The van der Waals surface area contributed by atoms with E-state index < -0.39 is 0 Å². The molecule has 1 unspecified atom stereocenters. The van der Waals surface area contributed by atoms with Crippen LogP contribution in [0.15, 0.2) is 30.5 Å². The first-order valence-corrected chi connectivity index (χ1v) is 11.1. The summed E-state index contributed by atoms with van der Waals surface area (Å²) in [6.45, 7) is 4.21. The molecule has 1 aromatic carbocycles. The molecular weight excluding hydrogens is 416 g/mol. The van der Waals surface area contributed by atoms with Crippen molar-refractivity contribution < 1.29 is 19.1 Å². The lowest BCUT2D eigenvalue weighted by molar-refractivity contribution is -0.114. The molecular formula is C22H22N4O4S. The summed E-state index contributed by atoms with van der Waals surface area (Å²) in [5.41, 5.74) is 3.21. The fraction of sp³-hybridized carbons (Fsp3) is 0.364. The maximum Gasteiger partial charge on any atom is 0.414 e. The van der Waals surface area contributed by atoms with Crippen LogP contribution >= 0.6 is 11.3 Å². The summed E-state index contributed by atoms with van der Waals surface area (Å²) >= 11 is 1.41. The number of pyridine rings is 1. The van der Waals surface area contributed by atoms with Crippen molar-refractivity contribution in [1.82, 2.24) is 9.97 Å². The molecule has 0 saturated heterocycles. The van der Waals surface area contributed by atoms with Crippen LogP contribution in [-0.2, 0) is 9.53 Å². The molecule has 9 heteroatoms. The minimum atomic E-state index is -0.360. The standard InChI is InChI=1S/C22H22N4O4S/c1-12(14-3-4-14)30-22(28)26-7-8-29-20-18(26)9-16(11-23-20)15-5-6-17-19(10-15)31-21(25-17)24-13(2)27/h5-6,9-12,14H,3-4,7-8H2,1-2H3,(H,24,25,27). The molecule has 31 heavy (non-hydrogen) atoms. The van der Waals surface area contributed by atoms with Crippen molar-refractivity contribution in [2.24, 2.45) is 5.92 Å². The van der Waals surface area contributed by atoms with Gasteiger partial charge in [0.1, 0.15) is 18.4 Å². The van der Waals surface area contributed by atoms with E-state index in [1.165, 1.54) is 18.3 Å². The van der Waals surface area contributed by atoms with Crippen LogP contribution in [0, 0.1) is 5.92 Å². The first-order valence-electron chi connectivity index (χ1n) is 10.3. The Balaban J connectivity index is 1.44. The van der Waals surface area contributed by atoms with Gasteiger partial charge >= 0.3 is 6.09 Å². The summed E-state index contributed by atoms with van der Waals surface area (Å²) in [4.78, 5) is 34.6. The molecule has 1 N–H and O–H groups in total. The summed E-state index contributed by atoms with van der Waals surface area (Å²) in [7, 11) is 0. The number of nitrogens with one attached hydrogen (secondary N) is 1. The van der Waals surface area contributed by atoms with Gasteiger partial charge in [-0.3, -0.25) is 9.69 Å². The van der Waals surface area contributed by atoms with Gasteiger partial charge in [0, 0.05) is 18.7 Å². The molecule has 160 valence electrons. The summed E-state index contributed by atoms with van der Waals surface area (Å²) in [6, 6.07) is 7.76. The Labute approximate surface area is 183 Å².